The van der Waals surface area contributed by atoms with Gasteiger partial charge in [-0.2, -0.15) is 0 Å². The predicted octanol–water partition coefficient (Wildman–Crippen LogP) is 1.66. The van der Waals surface area contributed by atoms with Crippen LogP contribution in [0.1, 0.15) is 30.6 Å². The van der Waals surface area contributed by atoms with E-state index in [2.05, 4.69) is 5.32 Å². The molecule has 0 unspecified atom stereocenters. The lowest BCUT2D eigenvalue weighted by atomic mass is 9.93. The molecule has 1 aromatic carbocycles. The van der Waals surface area contributed by atoms with Gasteiger partial charge in [-0.05, 0) is 36.6 Å². The van der Waals surface area contributed by atoms with Crippen molar-refractivity contribution in [1.82, 2.24) is 10.2 Å². The standard InChI is InChI=1S/C17H26N4O2/c1-17(2,11-18)12-20(3)15(22)13-6-4-7-14(10-13)21-9-5-8-19-16(21)23/h4,6-7,10H,5,8-9,11-12,18H2,1-3H3,(H,19,23). The molecule has 3 amide bonds. The second kappa shape index (κ2) is 7.00. The average Bonchev–Trinajstić information content (AvgIpc) is 2.54. The van der Waals surface area contributed by atoms with Gasteiger partial charge in [-0.3, -0.25) is 9.69 Å². The van der Waals surface area contributed by atoms with Crippen molar-refractivity contribution in [3.05, 3.63) is 29.8 Å². The quantitative estimate of drug-likeness (QED) is 0.866. The first-order chi connectivity index (χ1) is 10.8. The molecule has 1 aliphatic rings. The van der Waals surface area contributed by atoms with Gasteiger partial charge in [-0.15, -0.1) is 0 Å². The van der Waals surface area contributed by atoms with E-state index in [4.69, 9.17) is 5.73 Å². The lowest BCUT2D eigenvalue weighted by molar-refractivity contribution is 0.0740. The van der Waals surface area contributed by atoms with Crippen LogP contribution < -0.4 is 16.0 Å². The van der Waals surface area contributed by atoms with Crippen LogP contribution in [0.2, 0.25) is 0 Å². The van der Waals surface area contributed by atoms with Crippen molar-refractivity contribution in [3.8, 4) is 0 Å². The lowest BCUT2D eigenvalue weighted by Crippen LogP contribution is -2.46. The Morgan fingerprint density at radius 2 is 2.17 bits per heavy atom. The minimum Gasteiger partial charge on any atom is -0.341 e. The van der Waals surface area contributed by atoms with Crippen LogP contribution >= 0.6 is 0 Å². The third-order valence-electron chi connectivity index (χ3n) is 4.05. The van der Waals surface area contributed by atoms with Gasteiger partial charge in [0.25, 0.3) is 5.91 Å². The van der Waals surface area contributed by atoms with E-state index in [0.717, 1.165) is 12.1 Å². The number of nitrogens with two attached hydrogens (primary N) is 1. The first kappa shape index (κ1) is 17.3. The Morgan fingerprint density at radius 3 is 2.83 bits per heavy atom. The van der Waals surface area contributed by atoms with Gasteiger partial charge in [0.2, 0.25) is 0 Å². The summed E-state index contributed by atoms with van der Waals surface area (Å²) >= 11 is 0. The van der Waals surface area contributed by atoms with Crippen LogP contribution in [0, 0.1) is 5.41 Å². The van der Waals surface area contributed by atoms with E-state index >= 15 is 0 Å². The van der Waals surface area contributed by atoms with Crippen molar-refractivity contribution in [3.63, 3.8) is 0 Å². The number of urea groups is 1. The van der Waals surface area contributed by atoms with E-state index in [1.54, 1.807) is 29.0 Å². The van der Waals surface area contributed by atoms with E-state index in [1.807, 2.05) is 26.0 Å². The molecule has 0 bridgehead atoms. The predicted molar refractivity (Wildman–Crippen MR) is 91.6 cm³/mol. The molecule has 2 rings (SSSR count). The fourth-order valence-electron chi connectivity index (χ4n) is 2.68. The minimum atomic E-state index is -0.130. The maximum Gasteiger partial charge on any atom is 0.321 e. The Bertz CT molecular complexity index is 586. The normalized spacial score (nSPS) is 15.3. The highest BCUT2D eigenvalue weighted by Gasteiger charge is 2.23. The molecule has 3 N–H and O–H groups in total. The maximum atomic E-state index is 12.6. The van der Waals surface area contributed by atoms with Crippen LogP contribution in [0.25, 0.3) is 0 Å². The summed E-state index contributed by atoms with van der Waals surface area (Å²) in [5.74, 6) is -0.0641. The summed E-state index contributed by atoms with van der Waals surface area (Å²) in [5.41, 5.74) is 6.94. The van der Waals surface area contributed by atoms with Gasteiger partial charge in [0.1, 0.15) is 0 Å². The van der Waals surface area contributed by atoms with Crippen LogP contribution in [0.4, 0.5) is 10.5 Å². The van der Waals surface area contributed by atoms with Gasteiger partial charge < -0.3 is 16.0 Å². The highest BCUT2D eigenvalue weighted by Crippen LogP contribution is 2.21. The number of carbonyl (C=O) groups excluding carboxylic acids is 2. The molecular weight excluding hydrogens is 292 g/mol. The number of carbonyl (C=O) groups is 2. The summed E-state index contributed by atoms with van der Waals surface area (Å²) in [6.07, 6.45) is 0.897. The summed E-state index contributed by atoms with van der Waals surface area (Å²) in [6, 6.07) is 7.11. The highest BCUT2D eigenvalue weighted by molar-refractivity contribution is 5.97. The smallest absolute Gasteiger partial charge is 0.321 e. The monoisotopic (exact) mass is 318 g/mol. The van der Waals surface area contributed by atoms with Crippen LogP contribution in [0.3, 0.4) is 0 Å². The third kappa shape index (κ3) is 4.22. The molecule has 23 heavy (non-hydrogen) atoms. The summed E-state index contributed by atoms with van der Waals surface area (Å²) in [7, 11) is 1.78. The molecule has 1 saturated heterocycles. The number of anilines is 1. The van der Waals surface area contributed by atoms with Crippen LogP contribution in [0.5, 0.6) is 0 Å². The fraction of sp³-hybridized carbons (Fsp3) is 0.529. The van der Waals surface area contributed by atoms with E-state index in [1.165, 1.54) is 0 Å². The first-order valence-electron chi connectivity index (χ1n) is 7.95. The second-order valence-corrected chi connectivity index (χ2v) is 6.82. The first-order valence-corrected chi connectivity index (χ1v) is 7.95. The van der Waals surface area contributed by atoms with Crippen LogP contribution in [-0.2, 0) is 0 Å². The van der Waals surface area contributed by atoms with Crippen LogP contribution in [0.15, 0.2) is 24.3 Å². The van der Waals surface area contributed by atoms with E-state index in [-0.39, 0.29) is 17.4 Å². The molecule has 0 atom stereocenters. The van der Waals surface area contributed by atoms with Crippen molar-refractivity contribution >= 4 is 17.6 Å². The number of rotatable bonds is 5. The summed E-state index contributed by atoms with van der Waals surface area (Å²) in [4.78, 5) is 27.9. The van der Waals surface area contributed by atoms with Crippen molar-refractivity contribution < 1.29 is 9.59 Å². The summed E-state index contributed by atoms with van der Waals surface area (Å²) in [5, 5.41) is 2.82. The summed E-state index contributed by atoms with van der Waals surface area (Å²) in [6.45, 7) is 6.52. The number of amides is 3. The molecule has 1 aromatic rings. The molecule has 0 saturated carbocycles. The fourth-order valence-corrected chi connectivity index (χ4v) is 2.68. The number of benzene rings is 1. The van der Waals surface area contributed by atoms with Crippen LogP contribution in [-0.4, -0.2) is 50.1 Å². The van der Waals surface area contributed by atoms with Gasteiger partial charge >= 0.3 is 6.03 Å². The Kier molecular flexibility index (Phi) is 5.26. The van der Waals surface area contributed by atoms with E-state index in [0.29, 0.717) is 31.7 Å². The Balaban J connectivity index is 2.15. The molecule has 6 heteroatoms. The Morgan fingerprint density at radius 1 is 1.43 bits per heavy atom. The molecule has 1 fully saturated rings. The number of hydrogen-bond donors (Lipinski definition) is 2. The largest absolute Gasteiger partial charge is 0.341 e. The molecule has 6 nitrogen and oxygen atoms in total. The molecule has 0 aliphatic carbocycles. The molecule has 126 valence electrons. The molecule has 0 radical (unpaired) electrons. The number of hydrogen-bond acceptors (Lipinski definition) is 3. The van der Waals surface area contributed by atoms with Crippen molar-refractivity contribution in [2.24, 2.45) is 11.1 Å². The number of nitrogens with one attached hydrogen (secondary N) is 1. The zero-order valence-corrected chi connectivity index (χ0v) is 14.1. The van der Waals surface area contributed by atoms with Gasteiger partial charge in [-0.25, -0.2) is 4.79 Å². The third-order valence-corrected chi connectivity index (χ3v) is 4.05. The molecule has 0 spiro atoms. The van der Waals surface area contributed by atoms with E-state index < -0.39 is 0 Å². The Hall–Kier alpha value is -2.08. The SMILES string of the molecule is CN(CC(C)(C)CN)C(=O)c1cccc(N2CCCNC2=O)c1. The van der Waals surface area contributed by atoms with Crippen molar-refractivity contribution in [2.45, 2.75) is 20.3 Å². The average molecular weight is 318 g/mol. The molecular formula is C17H26N4O2. The number of nitrogens with zero attached hydrogens (tertiary/aromatic N) is 2. The van der Waals surface area contributed by atoms with E-state index in [9.17, 15) is 9.59 Å². The zero-order chi connectivity index (χ0) is 17.0. The second-order valence-electron chi connectivity index (χ2n) is 6.82. The molecule has 1 heterocycles. The topological polar surface area (TPSA) is 78.7 Å². The van der Waals surface area contributed by atoms with Crippen molar-refractivity contribution in [2.75, 3.05) is 38.1 Å². The maximum absolute atomic E-state index is 12.6. The molecule has 0 aromatic heterocycles. The van der Waals surface area contributed by atoms with Gasteiger partial charge in [-0.1, -0.05) is 19.9 Å². The highest BCUT2D eigenvalue weighted by atomic mass is 16.2. The summed E-state index contributed by atoms with van der Waals surface area (Å²) < 4.78 is 0. The van der Waals surface area contributed by atoms with Gasteiger partial charge in [0, 0.05) is 37.9 Å². The van der Waals surface area contributed by atoms with Gasteiger partial charge in [0.15, 0.2) is 0 Å². The zero-order valence-electron chi connectivity index (χ0n) is 14.1. The lowest BCUT2D eigenvalue weighted by Gasteiger charge is -2.30. The molecule has 1 aliphatic heterocycles. The minimum absolute atomic E-state index is 0.0641. The Labute approximate surface area is 137 Å². The van der Waals surface area contributed by atoms with Gasteiger partial charge in [0.05, 0.1) is 0 Å². The van der Waals surface area contributed by atoms with Crippen molar-refractivity contribution in [1.29, 1.82) is 0 Å².